The van der Waals surface area contributed by atoms with Crippen molar-refractivity contribution in [3.63, 3.8) is 0 Å². The average Bonchev–Trinajstić information content (AvgIpc) is 3.31. The topological polar surface area (TPSA) is 95.9 Å². The van der Waals surface area contributed by atoms with Gasteiger partial charge in [-0.05, 0) is 51.4 Å². The molecular weight excluding hydrogens is 803 g/mol. The maximum Gasteiger partial charge on any atom is 0.305 e. The van der Waals surface area contributed by atoms with Gasteiger partial charge in [-0.2, -0.15) is 0 Å². The number of aliphatic hydroxyl groups excluding tert-OH is 2. The Kier molecular flexibility index (Phi) is 54.0. The number of nitrogens with one attached hydrogen (secondary N) is 1. The number of hydrogen-bond acceptors (Lipinski definition) is 5. The molecule has 0 fully saturated rings. The normalized spacial score (nSPS) is 12.6. The van der Waals surface area contributed by atoms with E-state index in [-0.39, 0.29) is 18.5 Å². The van der Waals surface area contributed by atoms with E-state index in [0.29, 0.717) is 25.9 Å². The van der Waals surface area contributed by atoms with Crippen LogP contribution in [-0.4, -0.2) is 47.4 Å². The van der Waals surface area contributed by atoms with E-state index < -0.39 is 12.1 Å². The van der Waals surface area contributed by atoms with E-state index >= 15 is 0 Å². The molecule has 2 unspecified atom stereocenters. The smallest absolute Gasteiger partial charge is 0.305 e. The van der Waals surface area contributed by atoms with Crippen molar-refractivity contribution in [1.82, 2.24) is 5.32 Å². The number of amides is 1. The van der Waals surface area contributed by atoms with Crippen LogP contribution in [0.25, 0.3) is 0 Å². The van der Waals surface area contributed by atoms with Crippen molar-refractivity contribution in [2.24, 2.45) is 0 Å². The van der Waals surface area contributed by atoms with Crippen LogP contribution in [0, 0.1) is 0 Å². The van der Waals surface area contributed by atoms with Crippen molar-refractivity contribution >= 4 is 11.9 Å². The molecule has 0 aliphatic rings. The van der Waals surface area contributed by atoms with Gasteiger partial charge in [0.1, 0.15) is 0 Å². The van der Waals surface area contributed by atoms with Crippen LogP contribution in [-0.2, 0) is 14.3 Å². The molecule has 0 saturated carbocycles. The minimum atomic E-state index is -0.669. The highest BCUT2D eigenvalue weighted by Crippen LogP contribution is 2.18. The first-order valence-corrected chi connectivity index (χ1v) is 29.4. The van der Waals surface area contributed by atoms with Crippen LogP contribution in [0.2, 0.25) is 0 Å². The number of carbonyl (C=O) groups is 2. The number of allylic oxidation sites excluding steroid dienone is 2. The first kappa shape index (κ1) is 63.6. The lowest BCUT2D eigenvalue weighted by Gasteiger charge is -2.22. The first-order valence-electron chi connectivity index (χ1n) is 29.4. The summed E-state index contributed by atoms with van der Waals surface area (Å²) >= 11 is 0. The molecule has 65 heavy (non-hydrogen) atoms. The molecule has 0 aromatic rings. The minimum absolute atomic E-state index is 0.00455. The van der Waals surface area contributed by atoms with Crippen molar-refractivity contribution in [3.05, 3.63) is 12.2 Å². The highest BCUT2D eigenvalue weighted by molar-refractivity contribution is 5.76. The highest BCUT2D eigenvalue weighted by atomic mass is 16.5. The molecule has 6 heteroatoms. The van der Waals surface area contributed by atoms with Gasteiger partial charge in [0.05, 0.1) is 25.4 Å². The summed E-state index contributed by atoms with van der Waals surface area (Å²) in [6.45, 7) is 4.95. The number of rotatable bonds is 55. The van der Waals surface area contributed by atoms with Crippen molar-refractivity contribution in [2.45, 2.75) is 341 Å². The van der Waals surface area contributed by atoms with Crippen LogP contribution in [0.1, 0.15) is 328 Å². The Hall–Kier alpha value is -1.40. The second-order valence-electron chi connectivity index (χ2n) is 20.3. The van der Waals surface area contributed by atoms with Crippen LogP contribution in [0.5, 0.6) is 0 Å². The summed E-state index contributed by atoms with van der Waals surface area (Å²) in [6.07, 6.45) is 64.8. The quantitative estimate of drug-likeness (QED) is 0.0321. The van der Waals surface area contributed by atoms with Gasteiger partial charge in [-0.3, -0.25) is 9.59 Å². The van der Waals surface area contributed by atoms with Crippen LogP contribution >= 0.6 is 0 Å². The van der Waals surface area contributed by atoms with Gasteiger partial charge in [-0.25, -0.2) is 0 Å². The molecule has 0 radical (unpaired) electrons. The highest BCUT2D eigenvalue weighted by Gasteiger charge is 2.20. The van der Waals surface area contributed by atoms with E-state index in [2.05, 4.69) is 31.3 Å². The second kappa shape index (κ2) is 55.2. The fraction of sp³-hybridized carbons (Fsp3) is 0.932. The molecule has 0 spiro atoms. The summed E-state index contributed by atoms with van der Waals surface area (Å²) in [5, 5.41) is 23.3. The molecule has 6 nitrogen and oxygen atoms in total. The van der Waals surface area contributed by atoms with Crippen LogP contribution < -0.4 is 5.32 Å². The number of ether oxygens (including phenoxy) is 1. The van der Waals surface area contributed by atoms with E-state index in [9.17, 15) is 19.8 Å². The van der Waals surface area contributed by atoms with Gasteiger partial charge >= 0.3 is 5.97 Å². The molecule has 0 aliphatic carbocycles. The zero-order chi connectivity index (χ0) is 47.2. The van der Waals surface area contributed by atoms with Gasteiger partial charge in [0, 0.05) is 12.8 Å². The van der Waals surface area contributed by atoms with Crippen molar-refractivity contribution in [3.8, 4) is 0 Å². The van der Waals surface area contributed by atoms with Crippen molar-refractivity contribution < 1.29 is 24.5 Å². The van der Waals surface area contributed by atoms with E-state index in [0.717, 1.165) is 44.9 Å². The summed E-state index contributed by atoms with van der Waals surface area (Å²) in [5.74, 6) is -0.0436. The number of unbranched alkanes of at least 4 members (excludes halogenated alkanes) is 42. The zero-order valence-corrected chi connectivity index (χ0v) is 44.0. The van der Waals surface area contributed by atoms with Gasteiger partial charge in [-0.1, -0.05) is 276 Å². The predicted molar refractivity (Wildman–Crippen MR) is 283 cm³/mol. The van der Waals surface area contributed by atoms with Crippen LogP contribution in [0.4, 0.5) is 0 Å². The number of esters is 1. The standard InChI is InChI=1S/C59H115NO5/c1-3-5-7-9-11-13-15-17-19-20-21-24-27-31-35-39-43-47-51-57(62)56(55-61)60-58(63)52-48-44-40-36-32-28-25-22-23-26-30-34-38-42-46-50-54-65-59(64)53-49-45-41-37-33-29-18-16-14-12-10-8-6-4-2/h16,18,56-57,61-62H,3-15,17,19-55H2,1-2H3,(H,60,63)/b18-16-. The molecule has 3 N–H and O–H groups in total. The van der Waals surface area contributed by atoms with E-state index in [1.807, 2.05) is 0 Å². The van der Waals surface area contributed by atoms with Gasteiger partial charge in [0.2, 0.25) is 5.91 Å². The van der Waals surface area contributed by atoms with Crippen molar-refractivity contribution in [2.75, 3.05) is 13.2 Å². The van der Waals surface area contributed by atoms with Crippen LogP contribution in [0.3, 0.4) is 0 Å². The summed E-state index contributed by atoms with van der Waals surface area (Å²) in [7, 11) is 0. The molecule has 0 aromatic heterocycles. The molecular formula is C59H115NO5. The van der Waals surface area contributed by atoms with E-state index in [1.54, 1.807) is 0 Å². The third-order valence-corrected chi connectivity index (χ3v) is 13.8. The molecule has 0 bridgehead atoms. The first-order chi connectivity index (χ1) is 32.0. The molecule has 2 atom stereocenters. The number of aliphatic hydroxyl groups is 2. The predicted octanol–water partition coefficient (Wildman–Crippen LogP) is 18.1. The number of hydrogen-bond donors (Lipinski definition) is 3. The average molecular weight is 919 g/mol. The summed E-state index contributed by atoms with van der Waals surface area (Å²) in [4.78, 5) is 24.5. The Bertz CT molecular complexity index is 970. The maximum atomic E-state index is 12.5. The Morgan fingerprint density at radius 2 is 0.723 bits per heavy atom. The van der Waals surface area contributed by atoms with E-state index in [1.165, 1.54) is 250 Å². The van der Waals surface area contributed by atoms with Gasteiger partial charge in [0.15, 0.2) is 0 Å². The minimum Gasteiger partial charge on any atom is -0.466 e. The summed E-state index contributed by atoms with van der Waals surface area (Å²) < 4.78 is 5.47. The van der Waals surface area contributed by atoms with Crippen LogP contribution in [0.15, 0.2) is 12.2 Å². The Labute approximate surface area is 406 Å². The van der Waals surface area contributed by atoms with E-state index in [4.69, 9.17) is 4.74 Å². The fourth-order valence-electron chi connectivity index (χ4n) is 9.28. The Morgan fingerprint density at radius 1 is 0.415 bits per heavy atom. The van der Waals surface area contributed by atoms with Gasteiger partial charge < -0.3 is 20.3 Å². The third-order valence-electron chi connectivity index (χ3n) is 13.8. The lowest BCUT2D eigenvalue weighted by atomic mass is 10.0. The zero-order valence-electron chi connectivity index (χ0n) is 44.0. The largest absolute Gasteiger partial charge is 0.466 e. The lowest BCUT2D eigenvalue weighted by Crippen LogP contribution is -2.45. The number of carbonyl (C=O) groups excluding carboxylic acids is 2. The molecule has 0 rings (SSSR count). The molecule has 386 valence electrons. The second-order valence-corrected chi connectivity index (χ2v) is 20.3. The maximum absolute atomic E-state index is 12.5. The van der Waals surface area contributed by atoms with Crippen molar-refractivity contribution in [1.29, 1.82) is 0 Å². The fourth-order valence-corrected chi connectivity index (χ4v) is 9.28. The van der Waals surface area contributed by atoms with Gasteiger partial charge in [-0.15, -0.1) is 0 Å². The van der Waals surface area contributed by atoms with Gasteiger partial charge in [0.25, 0.3) is 0 Å². The lowest BCUT2D eigenvalue weighted by molar-refractivity contribution is -0.143. The summed E-state index contributed by atoms with van der Waals surface area (Å²) in [5.41, 5.74) is 0. The molecule has 1 amide bonds. The molecule has 0 aliphatic heterocycles. The monoisotopic (exact) mass is 918 g/mol. The molecule has 0 aromatic carbocycles. The molecule has 0 saturated heterocycles. The Balaban J connectivity index is 3.42. The molecule has 0 heterocycles. The SMILES string of the molecule is CCCCCCC/C=C\CCCCCCCC(=O)OCCCCCCCCCCCCCCCCCCC(=O)NC(CO)C(O)CCCCCCCCCCCCCCCCCCCC. The Morgan fingerprint density at radius 3 is 1.09 bits per heavy atom. The summed E-state index contributed by atoms with van der Waals surface area (Å²) in [6, 6.07) is -0.546. The third kappa shape index (κ3) is 51.8.